The molecule has 3 aromatic rings. The molecule has 1 aliphatic carbocycles. The predicted octanol–water partition coefficient (Wildman–Crippen LogP) is 3.85. The normalized spacial score (nSPS) is 17.7. The van der Waals surface area contributed by atoms with E-state index in [4.69, 9.17) is 4.74 Å². The minimum atomic E-state index is -0.0668. The Hall–Kier alpha value is -2.47. The first kappa shape index (κ1) is 17.9. The third-order valence-corrected chi connectivity index (χ3v) is 5.74. The van der Waals surface area contributed by atoms with E-state index in [1.807, 2.05) is 24.3 Å². The summed E-state index contributed by atoms with van der Waals surface area (Å²) in [5.74, 6) is 1.85. The Morgan fingerprint density at radius 2 is 2.15 bits per heavy atom. The number of thiazole rings is 1. The Balaban J connectivity index is 1.56. The molecule has 1 atom stereocenters. The number of rotatable bonds is 6. The van der Waals surface area contributed by atoms with Gasteiger partial charge in [-0.15, -0.1) is 5.10 Å². The van der Waals surface area contributed by atoms with Crippen LogP contribution in [0.4, 0.5) is 0 Å². The van der Waals surface area contributed by atoms with Gasteiger partial charge in [0.15, 0.2) is 5.82 Å². The van der Waals surface area contributed by atoms with Crippen LogP contribution in [-0.2, 0) is 0 Å². The summed E-state index contributed by atoms with van der Waals surface area (Å²) in [5.41, 5.74) is 0.818. The van der Waals surface area contributed by atoms with Crippen LogP contribution in [-0.4, -0.2) is 21.2 Å². The van der Waals surface area contributed by atoms with Gasteiger partial charge in [0.2, 0.25) is 4.96 Å². The Kier molecular flexibility index (Phi) is 5.34. The van der Waals surface area contributed by atoms with Gasteiger partial charge in [-0.3, -0.25) is 4.79 Å². The van der Waals surface area contributed by atoms with Crippen molar-refractivity contribution in [2.45, 2.75) is 39.0 Å². The van der Waals surface area contributed by atoms with E-state index in [0.717, 1.165) is 54.6 Å². The summed E-state index contributed by atoms with van der Waals surface area (Å²) in [5, 5.41) is 4.43. The van der Waals surface area contributed by atoms with Crippen LogP contribution in [0.2, 0.25) is 0 Å². The summed E-state index contributed by atoms with van der Waals surface area (Å²) >= 11 is 1.42. The number of allylic oxidation sites excluding steroid dienone is 2. The molecular formula is C21H23N3O2S. The highest BCUT2D eigenvalue weighted by molar-refractivity contribution is 7.15. The molecule has 2 heterocycles. The molecule has 1 unspecified atom stereocenters. The summed E-state index contributed by atoms with van der Waals surface area (Å²) in [6.07, 6.45) is 11.8. The van der Waals surface area contributed by atoms with E-state index in [0.29, 0.717) is 16.7 Å². The molecule has 27 heavy (non-hydrogen) atoms. The smallest absolute Gasteiger partial charge is 0.290 e. The van der Waals surface area contributed by atoms with Gasteiger partial charge < -0.3 is 4.74 Å². The lowest BCUT2D eigenvalue weighted by Crippen LogP contribution is -2.25. The lowest BCUT2D eigenvalue weighted by Gasteiger charge is -2.11. The molecular weight excluding hydrogens is 358 g/mol. The molecule has 0 saturated carbocycles. The van der Waals surface area contributed by atoms with E-state index in [2.05, 4.69) is 35.2 Å². The molecule has 2 aromatic heterocycles. The van der Waals surface area contributed by atoms with Crippen molar-refractivity contribution in [2.75, 3.05) is 6.61 Å². The van der Waals surface area contributed by atoms with Crippen LogP contribution in [0.1, 0.15) is 39.0 Å². The van der Waals surface area contributed by atoms with Crippen molar-refractivity contribution in [3.8, 4) is 17.1 Å². The van der Waals surface area contributed by atoms with Gasteiger partial charge in [0.25, 0.3) is 5.56 Å². The average Bonchev–Trinajstić information content (AvgIpc) is 3.23. The molecule has 1 aliphatic rings. The van der Waals surface area contributed by atoms with Gasteiger partial charge in [0.05, 0.1) is 11.1 Å². The number of aromatic nitrogens is 3. The SMILES string of the molecule is CCCCOc1ccc(-c2nc3sc(=CC4CC=CCC4)c(=O)n3n2)cc1. The largest absolute Gasteiger partial charge is 0.494 e. The second kappa shape index (κ2) is 8.05. The Morgan fingerprint density at radius 1 is 1.30 bits per heavy atom. The molecule has 0 fully saturated rings. The highest BCUT2D eigenvalue weighted by Gasteiger charge is 2.14. The van der Waals surface area contributed by atoms with Gasteiger partial charge in [0, 0.05) is 5.56 Å². The summed E-state index contributed by atoms with van der Waals surface area (Å²) in [4.78, 5) is 17.9. The van der Waals surface area contributed by atoms with Crippen molar-refractivity contribution in [1.29, 1.82) is 0 Å². The number of ether oxygens (including phenoxy) is 1. The zero-order chi connectivity index (χ0) is 18.6. The Bertz CT molecular complexity index is 1050. The lowest BCUT2D eigenvalue weighted by atomic mass is 9.94. The van der Waals surface area contributed by atoms with Gasteiger partial charge in [-0.2, -0.15) is 9.50 Å². The van der Waals surface area contributed by atoms with E-state index < -0.39 is 0 Å². The number of fused-ring (bicyclic) bond motifs is 1. The highest BCUT2D eigenvalue weighted by atomic mass is 32.1. The maximum absolute atomic E-state index is 12.6. The van der Waals surface area contributed by atoms with Crippen LogP contribution in [0, 0.1) is 5.92 Å². The molecule has 0 bridgehead atoms. The zero-order valence-corrected chi connectivity index (χ0v) is 16.2. The second-order valence-corrected chi connectivity index (χ2v) is 7.85. The number of hydrogen-bond acceptors (Lipinski definition) is 5. The number of benzene rings is 1. The van der Waals surface area contributed by atoms with E-state index in [1.54, 1.807) is 0 Å². The van der Waals surface area contributed by atoms with Gasteiger partial charge in [-0.05, 0) is 55.9 Å². The second-order valence-electron chi connectivity index (χ2n) is 6.84. The molecule has 140 valence electrons. The van der Waals surface area contributed by atoms with Gasteiger partial charge in [-0.1, -0.05) is 42.9 Å². The molecule has 6 heteroatoms. The third-order valence-electron chi connectivity index (χ3n) is 4.76. The van der Waals surface area contributed by atoms with Crippen molar-refractivity contribution in [2.24, 2.45) is 5.92 Å². The first-order chi connectivity index (χ1) is 13.2. The van der Waals surface area contributed by atoms with E-state index in [9.17, 15) is 4.79 Å². The summed E-state index contributed by atoms with van der Waals surface area (Å²) in [7, 11) is 0. The minimum absolute atomic E-state index is 0.0668. The molecule has 0 amide bonds. The van der Waals surface area contributed by atoms with Crippen LogP contribution in [0.5, 0.6) is 5.75 Å². The molecule has 5 nitrogen and oxygen atoms in total. The summed E-state index contributed by atoms with van der Waals surface area (Å²) in [6, 6.07) is 7.72. The topological polar surface area (TPSA) is 56.5 Å². The van der Waals surface area contributed by atoms with Crippen LogP contribution in [0.15, 0.2) is 41.2 Å². The summed E-state index contributed by atoms with van der Waals surface area (Å²) < 4.78 is 7.86. The standard InChI is InChI=1S/C21H23N3O2S/c1-2-3-13-26-17-11-9-16(10-12-17)19-22-21-24(23-19)20(25)18(27-21)14-15-7-5-4-6-8-15/h4-5,9-12,14-15H,2-3,6-8,13H2,1H3. The molecule has 0 radical (unpaired) electrons. The fraction of sp³-hybridized carbons (Fsp3) is 0.381. The van der Waals surface area contributed by atoms with Crippen LogP contribution < -0.4 is 14.8 Å². The van der Waals surface area contributed by atoms with Crippen molar-refractivity contribution >= 4 is 22.4 Å². The van der Waals surface area contributed by atoms with Crippen molar-refractivity contribution in [3.05, 3.63) is 51.3 Å². The van der Waals surface area contributed by atoms with Crippen molar-refractivity contribution in [3.63, 3.8) is 0 Å². The highest BCUT2D eigenvalue weighted by Crippen LogP contribution is 2.21. The number of nitrogens with zero attached hydrogens (tertiary/aromatic N) is 3. The van der Waals surface area contributed by atoms with Gasteiger partial charge in [0.1, 0.15) is 5.75 Å². The monoisotopic (exact) mass is 381 g/mol. The number of hydrogen-bond donors (Lipinski definition) is 0. The predicted molar refractivity (Wildman–Crippen MR) is 109 cm³/mol. The van der Waals surface area contributed by atoms with Crippen LogP contribution >= 0.6 is 11.3 Å². The average molecular weight is 382 g/mol. The van der Waals surface area contributed by atoms with Gasteiger partial charge in [-0.25, -0.2) is 0 Å². The van der Waals surface area contributed by atoms with Crippen molar-refractivity contribution in [1.82, 2.24) is 14.6 Å². The van der Waals surface area contributed by atoms with Crippen molar-refractivity contribution < 1.29 is 4.74 Å². The van der Waals surface area contributed by atoms with Gasteiger partial charge >= 0.3 is 0 Å². The molecule has 0 aliphatic heterocycles. The molecule has 0 saturated heterocycles. The molecule has 4 rings (SSSR count). The number of unbranched alkanes of at least 4 members (excludes halogenated alkanes) is 1. The lowest BCUT2D eigenvalue weighted by molar-refractivity contribution is 0.309. The fourth-order valence-corrected chi connectivity index (χ4v) is 4.16. The Labute approximate surface area is 162 Å². The fourth-order valence-electron chi connectivity index (χ4n) is 3.19. The minimum Gasteiger partial charge on any atom is -0.494 e. The maximum atomic E-state index is 12.6. The van der Waals surface area contributed by atoms with Crippen LogP contribution in [0.25, 0.3) is 22.4 Å². The maximum Gasteiger partial charge on any atom is 0.290 e. The Morgan fingerprint density at radius 3 is 2.85 bits per heavy atom. The quantitative estimate of drug-likeness (QED) is 0.481. The first-order valence-electron chi connectivity index (χ1n) is 9.54. The molecule has 0 spiro atoms. The summed E-state index contributed by atoms with van der Waals surface area (Å²) in [6.45, 7) is 2.87. The first-order valence-corrected chi connectivity index (χ1v) is 10.4. The van der Waals surface area contributed by atoms with E-state index in [-0.39, 0.29) is 5.56 Å². The zero-order valence-electron chi connectivity index (χ0n) is 15.4. The molecule has 0 N–H and O–H groups in total. The van der Waals surface area contributed by atoms with E-state index in [1.165, 1.54) is 15.9 Å². The van der Waals surface area contributed by atoms with Crippen LogP contribution in [0.3, 0.4) is 0 Å². The van der Waals surface area contributed by atoms with E-state index >= 15 is 0 Å². The third kappa shape index (κ3) is 3.95. The molecule has 1 aromatic carbocycles.